The molecule has 31 heavy (non-hydrogen) atoms. The number of nitriles is 1. The number of rotatable bonds is 4. The van der Waals surface area contributed by atoms with Gasteiger partial charge in [-0.05, 0) is 37.5 Å². The predicted molar refractivity (Wildman–Crippen MR) is 107 cm³/mol. The molecule has 2 aromatic rings. The van der Waals surface area contributed by atoms with Gasteiger partial charge in [0, 0.05) is 30.6 Å². The van der Waals surface area contributed by atoms with E-state index in [4.69, 9.17) is 4.74 Å². The van der Waals surface area contributed by atoms with E-state index in [1.165, 1.54) is 12.0 Å². The highest BCUT2D eigenvalue weighted by molar-refractivity contribution is 5.95. The first-order valence-electron chi connectivity index (χ1n) is 9.65. The second kappa shape index (κ2) is 8.55. The molecule has 164 valence electrons. The lowest BCUT2D eigenvalue weighted by Crippen LogP contribution is -2.34. The standard InChI is InChI=1S/C22H22F3N3O3/c1-12-5-4-6-13(7-12)28(2)21(30)16-9-14(29)8-15(16)20-17(11-26)18(22(23,24)25)10-19(27-20)31-3/h4-7,10,14-16,29H,8-9H2,1-3H3/t14-,15?,16?/m1/s1. The fraction of sp³-hybridized carbons (Fsp3) is 0.409. The van der Waals surface area contributed by atoms with Crippen LogP contribution in [0.2, 0.25) is 0 Å². The van der Waals surface area contributed by atoms with E-state index >= 15 is 0 Å². The van der Waals surface area contributed by atoms with Crippen LogP contribution in [0, 0.1) is 24.2 Å². The number of hydrogen-bond donors (Lipinski definition) is 1. The lowest BCUT2D eigenvalue weighted by atomic mass is 9.87. The average Bonchev–Trinajstić information content (AvgIpc) is 3.12. The molecule has 1 aromatic heterocycles. The fourth-order valence-corrected chi connectivity index (χ4v) is 4.05. The van der Waals surface area contributed by atoms with E-state index in [0.717, 1.165) is 5.56 Å². The van der Waals surface area contributed by atoms with Gasteiger partial charge in [-0.3, -0.25) is 4.79 Å². The quantitative estimate of drug-likeness (QED) is 0.793. The number of aryl methyl sites for hydroxylation is 1. The lowest BCUT2D eigenvalue weighted by molar-refractivity contribution is -0.138. The average molecular weight is 433 g/mol. The Morgan fingerprint density at radius 1 is 1.32 bits per heavy atom. The first kappa shape index (κ1) is 22.6. The molecule has 0 spiro atoms. The number of alkyl halides is 3. The van der Waals surface area contributed by atoms with Crippen LogP contribution in [0.3, 0.4) is 0 Å². The van der Waals surface area contributed by atoms with Crippen molar-refractivity contribution in [1.29, 1.82) is 5.26 Å². The SMILES string of the molecule is COc1cc(C(F)(F)F)c(C#N)c(C2C[C@@H](O)CC2C(=O)N(C)c2cccc(C)c2)n1. The van der Waals surface area contributed by atoms with E-state index in [1.807, 2.05) is 19.1 Å². The smallest absolute Gasteiger partial charge is 0.417 e. The number of benzene rings is 1. The van der Waals surface area contributed by atoms with E-state index in [-0.39, 0.29) is 30.3 Å². The van der Waals surface area contributed by atoms with E-state index in [0.29, 0.717) is 11.8 Å². The van der Waals surface area contributed by atoms with Gasteiger partial charge < -0.3 is 14.7 Å². The Kier molecular flexibility index (Phi) is 6.23. The van der Waals surface area contributed by atoms with Gasteiger partial charge in [-0.2, -0.15) is 18.4 Å². The first-order valence-corrected chi connectivity index (χ1v) is 9.65. The number of amides is 1. The van der Waals surface area contributed by atoms with Gasteiger partial charge in [-0.15, -0.1) is 0 Å². The number of aliphatic hydroxyl groups excluding tert-OH is 1. The number of aromatic nitrogens is 1. The van der Waals surface area contributed by atoms with Crippen LogP contribution in [0.15, 0.2) is 30.3 Å². The number of methoxy groups -OCH3 is 1. The van der Waals surface area contributed by atoms with Gasteiger partial charge >= 0.3 is 6.18 Å². The molecule has 1 heterocycles. The van der Waals surface area contributed by atoms with Crippen molar-refractivity contribution in [3.8, 4) is 11.9 Å². The van der Waals surface area contributed by atoms with Gasteiger partial charge in [0.25, 0.3) is 0 Å². The van der Waals surface area contributed by atoms with Crippen molar-refractivity contribution in [2.45, 2.75) is 38.0 Å². The molecular weight excluding hydrogens is 411 g/mol. The fourth-order valence-electron chi connectivity index (χ4n) is 4.05. The molecule has 1 amide bonds. The number of hydrogen-bond acceptors (Lipinski definition) is 5. The van der Waals surface area contributed by atoms with Crippen molar-refractivity contribution in [1.82, 2.24) is 4.98 Å². The summed E-state index contributed by atoms with van der Waals surface area (Å²) in [7, 11) is 2.75. The molecule has 6 nitrogen and oxygen atoms in total. The highest BCUT2D eigenvalue weighted by Gasteiger charge is 2.45. The van der Waals surface area contributed by atoms with Crippen LogP contribution in [0.25, 0.3) is 0 Å². The van der Waals surface area contributed by atoms with Gasteiger partial charge in [-0.1, -0.05) is 12.1 Å². The summed E-state index contributed by atoms with van der Waals surface area (Å²) in [6.07, 6.45) is -5.63. The van der Waals surface area contributed by atoms with E-state index < -0.39 is 35.2 Å². The molecule has 1 fully saturated rings. The third-order valence-electron chi connectivity index (χ3n) is 5.58. The highest BCUT2D eigenvalue weighted by atomic mass is 19.4. The zero-order valence-corrected chi connectivity index (χ0v) is 17.3. The Bertz CT molecular complexity index is 1030. The molecule has 1 N–H and O–H groups in total. The molecular formula is C22H22F3N3O3. The summed E-state index contributed by atoms with van der Waals surface area (Å²) in [6, 6.07) is 9.50. The number of anilines is 1. The Labute approximate surface area is 177 Å². The maximum atomic E-state index is 13.6. The van der Waals surface area contributed by atoms with Crippen LogP contribution in [0.4, 0.5) is 18.9 Å². The third-order valence-corrected chi connectivity index (χ3v) is 5.58. The van der Waals surface area contributed by atoms with Crippen LogP contribution in [-0.4, -0.2) is 36.3 Å². The molecule has 1 aromatic carbocycles. The number of carbonyl (C=O) groups excluding carboxylic acids is 1. The minimum absolute atomic E-state index is 0.0181. The molecule has 0 aliphatic heterocycles. The van der Waals surface area contributed by atoms with Crippen molar-refractivity contribution < 1.29 is 27.8 Å². The maximum absolute atomic E-state index is 13.6. The Morgan fingerprint density at radius 2 is 2.03 bits per heavy atom. The van der Waals surface area contributed by atoms with Crippen LogP contribution in [0.5, 0.6) is 5.88 Å². The summed E-state index contributed by atoms with van der Waals surface area (Å²) in [5, 5.41) is 19.8. The number of pyridine rings is 1. The molecule has 1 saturated carbocycles. The molecule has 0 saturated heterocycles. The first-order chi connectivity index (χ1) is 14.6. The van der Waals surface area contributed by atoms with Crippen molar-refractivity contribution in [2.24, 2.45) is 5.92 Å². The van der Waals surface area contributed by atoms with E-state index in [9.17, 15) is 28.3 Å². The maximum Gasteiger partial charge on any atom is 0.417 e. The number of carbonyl (C=O) groups is 1. The van der Waals surface area contributed by atoms with Crippen molar-refractivity contribution >= 4 is 11.6 Å². The number of halogens is 3. The Hall–Kier alpha value is -3.12. The van der Waals surface area contributed by atoms with Crippen LogP contribution in [-0.2, 0) is 11.0 Å². The third kappa shape index (κ3) is 4.49. The molecule has 1 aliphatic carbocycles. The van der Waals surface area contributed by atoms with Crippen molar-refractivity contribution in [3.05, 3.63) is 52.7 Å². The van der Waals surface area contributed by atoms with Crippen LogP contribution in [0.1, 0.15) is 41.1 Å². The Balaban J connectivity index is 2.07. The molecule has 0 radical (unpaired) electrons. The monoisotopic (exact) mass is 433 g/mol. The zero-order valence-electron chi connectivity index (χ0n) is 17.3. The van der Waals surface area contributed by atoms with Crippen molar-refractivity contribution in [2.75, 3.05) is 19.1 Å². The molecule has 3 atom stereocenters. The van der Waals surface area contributed by atoms with Crippen LogP contribution >= 0.6 is 0 Å². The topological polar surface area (TPSA) is 86.4 Å². The molecule has 2 unspecified atom stereocenters. The Morgan fingerprint density at radius 3 is 2.61 bits per heavy atom. The molecule has 9 heteroatoms. The summed E-state index contributed by atoms with van der Waals surface area (Å²) in [6.45, 7) is 1.88. The zero-order chi connectivity index (χ0) is 22.9. The number of nitrogens with zero attached hydrogens (tertiary/aromatic N) is 3. The minimum atomic E-state index is -4.80. The largest absolute Gasteiger partial charge is 0.481 e. The van der Waals surface area contributed by atoms with Gasteiger partial charge in [0.1, 0.15) is 6.07 Å². The van der Waals surface area contributed by atoms with Gasteiger partial charge in [0.2, 0.25) is 11.8 Å². The molecule has 1 aliphatic rings. The summed E-state index contributed by atoms with van der Waals surface area (Å²) in [4.78, 5) is 18.8. The van der Waals surface area contributed by atoms with Crippen molar-refractivity contribution in [3.63, 3.8) is 0 Å². The predicted octanol–water partition coefficient (Wildman–Crippen LogP) is 3.81. The summed E-state index contributed by atoms with van der Waals surface area (Å²) >= 11 is 0. The second-order valence-corrected chi connectivity index (χ2v) is 7.66. The highest BCUT2D eigenvalue weighted by Crippen LogP contribution is 2.45. The van der Waals surface area contributed by atoms with Gasteiger partial charge in [0.05, 0.1) is 30.0 Å². The van der Waals surface area contributed by atoms with E-state index in [2.05, 4.69) is 4.98 Å². The summed E-state index contributed by atoms with van der Waals surface area (Å²) in [5.41, 5.74) is -0.432. The second-order valence-electron chi connectivity index (χ2n) is 7.66. The summed E-state index contributed by atoms with van der Waals surface area (Å²) < 4.78 is 45.7. The lowest BCUT2D eigenvalue weighted by Gasteiger charge is -2.26. The normalized spacial score (nSPS) is 20.9. The minimum Gasteiger partial charge on any atom is -0.481 e. The van der Waals surface area contributed by atoms with Crippen LogP contribution < -0.4 is 9.64 Å². The van der Waals surface area contributed by atoms with Gasteiger partial charge in [-0.25, -0.2) is 4.98 Å². The number of ether oxygens (including phenoxy) is 1. The molecule has 3 rings (SSSR count). The van der Waals surface area contributed by atoms with Gasteiger partial charge in [0.15, 0.2) is 0 Å². The molecule has 0 bridgehead atoms. The number of aliphatic hydroxyl groups is 1. The summed E-state index contributed by atoms with van der Waals surface area (Å²) in [5.74, 6) is -2.37. The van der Waals surface area contributed by atoms with E-state index in [1.54, 1.807) is 25.2 Å².